The fraction of sp³-hybridized carbons (Fsp3) is 0.269. The molecular formula is C26H28N4O3S. The van der Waals surface area contributed by atoms with Gasteiger partial charge in [-0.25, -0.2) is 9.78 Å². The Kier molecular flexibility index (Phi) is 7.07. The summed E-state index contributed by atoms with van der Waals surface area (Å²) in [5, 5.41) is 3.71. The molecule has 1 aliphatic rings. The molecule has 0 amide bonds. The molecular weight excluding hydrogens is 448 g/mol. The first-order valence-corrected chi connectivity index (χ1v) is 12.1. The van der Waals surface area contributed by atoms with E-state index < -0.39 is 11.9 Å². The standard InChI is InChI=1S/C26H28N4O3S/c1-5-33-25(32)20-16(2)27-23-22(21(20)18-11-13-19(14-12-18)30(3)4)24(31)29-26(28-23)34-15-17-9-7-6-8-10-17/h6-14,21H,5,15H2,1-4H3,(H2,27,28,29,31). The summed E-state index contributed by atoms with van der Waals surface area (Å²) in [6.07, 6.45) is 0. The second-order valence-corrected chi connectivity index (χ2v) is 9.17. The number of carbonyl (C=O) groups excluding carboxylic acids is 1. The number of esters is 1. The van der Waals surface area contributed by atoms with E-state index in [1.54, 1.807) is 6.92 Å². The summed E-state index contributed by atoms with van der Waals surface area (Å²) in [4.78, 5) is 35.9. The topological polar surface area (TPSA) is 87.3 Å². The van der Waals surface area contributed by atoms with Crippen molar-refractivity contribution in [2.75, 3.05) is 30.9 Å². The fourth-order valence-corrected chi connectivity index (χ4v) is 4.82. The molecule has 0 aliphatic carbocycles. The van der Waals surface area contributed by atoms with Crippen LogP contribution in [0.2, 0.25) is 0 Å². The molecule has 3 aromatic rings. The van der Waals surface area contributed by atoms with Gasteiger partial charge >= 0.3 is 5.97 Å². The zero-order chi connectivity index (χ0) is 24.2. The van der Waals surface area contributed by atoms with Crippen LogP contribution in [0.15, 0.2) is 75.8 Å². The largest absolute Gasteiger partial charge is 0.463 e. The number of thioether (sulfide) groups is 1. The Bertz CT molecular complexity index is 1270. The lowest BCUT2D eigenvalue weighted by Crippen LogP contribution is -2.31. The van der Waals surface area contributed by atoms with Gasteiger partial charge in [0.2, 0.25) is 0 Å². The third-order valence-corrected chi connectivity index (χ3v) is 6.62. The molecule has 7 nitrogen and oxygen atoms in total. The Balaban J connectivity index is 1.76. The van der Waals surface area contributed by atoms with Crippen LogP contribution >= 0.6 is 11.8 Å². The molecule has 1 aliphatic heterocycles. The molecule has 0 radical (unpaired) electrons. The molecule has 0 spiro atoms. The minimum Gasteiger partial charge on any atom is -0.463 e. The fourth-order valence-electron chi connectivity index (χ4n) is 4.00. The Labute approximate surface area is 203 Å². The van der Waals surface area contributed by atoms with Gasteiger partial charge in [0.15, 0.2) is 5.16 Å². The number of nitrogens with zero attached hydrogens (tertiary/aromatic N) is 2. The molecule has 2 N–H and O–H groups in total. The number of rotatable bonds is 7. The number of aromatic nitrogens is 2. The number of hydrogen-bond acceptors (Lipinski definition) is 7. The number of benzene rings is 2. The predicted octanol–water partition coefficient (Wildman–Crippen LogP) is 4.52. The van der Waals surface area contributed by atoms with E-state index in [2.05, 4.69) is 10.3 Å². The highest BCUT2D eigenvalue weighted by molar-refractivity contribution is 7.98. The van der Waals surface area contributed by atoms with Crippen LogP contribution in [0, 0.1) is 0 Å². The van der Waals surface area contributed by atoms with E-state index in [4.69, 9.17) is 9.72 Å². The lowest BCUT2D eigenvalue weighted by atomic mass is 9.82. The van der Waals surface area contributed by atoms with Crippen LogP contribution in [0.4, 0.5) is 11.5 Å². The molecule has 4 rings (SSSR count). The molecule has 8 heteroatoms. The molecule has 1 aromatic heterocycles. The van der Waals surface area contributed by atoms with Gasteiger partial charge in [-0.05, 0) is 37.1 Å². The molecule has 2 heterocycles. The lowest BCUT2D eigenvalue weighted by Gasteiger charge is -2.29. The van der Waals surface area contributed by atoms with Gasteiger partial charge in [-0.3, -0.25) is 4.79 Å². The number of ether oxygens (including phenoxy) is 1. The molecule has 0 bridgehead atoms. The van der Waals surface area contributed by atoms with Crippen molar-refractivity contribution < 1.29 is 9.53 Å². The maximum Gasteiger partial charge on any atom is 0.336 e. The van der Waals surface area contributed by atoms with E-state index >= 15 is 0 Å². The molecule has 2 aromatic carbocycles. The average Bonchev–Trinajstić information content (AvgIpc) is 2.82. The van der Waals surface area contributed by atoms with Crippen molar-refractivity contribution in [2.24, 2.45) is 0 Å². The summed E-state index contributed by atoms with van der Waals surface area (Å²) in [6, 6.07) is 17.8. The van der Waals surface area contributed by atoms with Gasteiger partial charge in [-0.2, -0.15) is 0 Å². The van der Waals surface area contributed by atoms with Gasteiger partial charge in [0.05, 0.1) is 23.7 Å². The van der Waals surface area contributed by atoms with Crippen LogP contribution < -0.4 is 15.8 Å². The number of H-pyrrole nitrogens is 1. The quantitative estimate of drug-likeness (QED) is 0.294. The van der Waals surface area contributed by atoms with Crippen molar-refractivity contribution in [3.63, 3.8) is 0 Å². The summed E-state index contributed by atoms with van der Waals surface area (Å²) >= 11 is 1.46. The SMILES string of the molecule is CCOC(=O)C1=C(C)Nc2nc(SCc3ccccc3)[nH]c(=O)c2C1c1ccc(N(C)C)cc1. The Morgan fingerprint density at radius 3 is 2.47 bits per heavy atom. The number of fused-ring (bicyclic) bond motifs is 1. The predicted molar refractivity (Wildman–Crippen MR) is 136 cm³/mol. The highest BCUT2D eigenvalue weighted by atomic mass is 32.2. The zero-order valence-electron chi connectivity index (χ0n) is 19.7. The first-order chi connectivity index (χ1) is 16.4. The van der Waals surface area contributed by atoms with Gasteiger partial charge in [-0.15, -0.1) is 0 Å². The van der Waals surface area contributed by atoms with E-state index in [0.717, 1.165) is 16.8 Å². The van der Waals surface area contributed by atoms with Crippen LogP contribution in [0.3, 0.4) is 0 Å². The Hall–Kier alpha value is -3.52. The van der Waals surface area contributed by atoms with E-state index in [1.165, 1.54) is 11.8 Å². The van der Waals surface area contributed by atoms with Crippen molar-refractivity contribution in [2.45, 2.75) is 30.7 Å². The highest BCUT2D eigenvalue weighted by Gasteiger charge is 2.36. The van der Waals surface area contributed by atoms with Crippen molar-refractivity contribution in [3.05, 3.63) is 92.9 Å². The van der Waals surface area contributed by atoms with Crippen molar-refractivity contribution >= 4 is 29.2 Å². The van der Waals surface area contributed by atoms with Crippen molar-refractivity contribution in [1.29, 1.82) is 0 Å². The molecule has 1 unspecified atom stereocenters. The normalized spacial score (nSPS) is 14.9. The van der Waals surface area contributed by atoms with Crippen LogP contribution in [0.25, 0.3) is 0 Å². The first kappa shape index (κ1) is 23.6. The number of nitrogens with one attached hydrogen (secondary N) is 2. The van der Waals surface area contributed by atoms with Gasteiger partial charge in [0.25, 0.3) is 5.56 Å². The molecule has 176 valence electrons. The van der Waals surface area contributed by atoms with Gasteiger partial charge in [0, 0.05) is 31.2 Å². The third-order valence-electron chi connectivity index (χ3n) is 5.68. The van der Waals surface area contributed by atoms with Gasteiger partial charge < -0.3 is 19.9 Å². The number of allylic oxidation sites excluding steroid dienone is 1. The van der Waals surface area contributed by atoms with Crippen LogP contribution in [-0.2, 0) is 15.3 Å². The number of hydrogen-bond donors (Lipinski definition) is 2. The van der Waals surface area contributed by atoms with Crippen LogP contribution in [0.5, 0.6) is 0 Å². The molecule has 0 saturated carbocycles. The van der Waals surface area contributed by atoms with Crippen LogP contribution in [0.1, 0.15) is 36.5 Å². The van der Waals surface area contributed by atoms with E-state index in [-0.39, 0.29) is 12.2 Å². The second-order valence-electron chi connectivity index (χ2n) is 8.21. The first-order valence-electron chi connectivity index (χ1n) is 11.1. The number of aromatic amines is 1. The second kappa shape index (κ2) is 10.2. The monoisotopic (exact) mass is 476 g/mol. The Morgan fingerprint density at radius 1 is 1.12 bits per heavy atom. The number of anilines is 2. The van der Waals surface area contributed by atoms with Crippen LogP contribution in [-0.4, -0.2) is 36.6 Å². The molecule has 0 fully saturated rings. The molecule has 0 saturated heterocycles. The Morgan fingerprint density at radius 2 is 1.82 bits per heavy atom. The summed E-state index contributed by atoms with van der Waals surface area (Å²) in [6.45, 7) is 3.83. The lowest BCUT2D eigenvalue weighted by molar-refractivity contribution is -0.138. The molecule has 1 atom stereocenters. The maximum absolute atomic E-state index is 13.4. The maximum atomic E-state index is 13.4. The van der Waals surface area contributed by atoms with Crippen molar-refractivity contribution in [3.8, 4) is 0 Å². The summed E-state index contributed by atoms with van der Waals surface area (Å²) in [5.74, 6) is 0.116. The average molecular weight is 477 g/mol. The van der Waals surface area contributed by atoms with Gasteiger partial charge in [-0.1, -0.05) is 54.2 Å². The minimum atomic E-state index is -0.587. The smallest absolute Gasteiger partial charge is 0.336 e. The van der Waals surface area contributed by atoms with Crippen molar-refractivity contribution in [1.82, 2.24) is 9.97 Å². The number of carbonyl (C=O) groups is 1. The highest BCUT2D eigenvalue weighted by Crippen LogP contribution is 2.40. The summed E-state index contributed by atoms with van der Waals surface area (Å²) in [5.41, 5.74) is 4.18. The van der Waals surface area contributed by atoms with E-state index in [1.807, 2.05) is 80.5 Å². The van der Waals surface area contributed by atoms with Gasteiger partial charge in [0.1, 0.15) is 5.82 Å². The third kappa shape index (κ3) is 4.87. The summed E-state index contributed by atoms with van der Waals surface area (Å²) < 4.78 is 5.35. The minimum absolute atomic E-state index is 0.248. The van der Waals surface area contributed by atoms with E-state index in [0.29, 0.717) is 33.6 Å². The van der Waals surface area contributed by atoms with E-state index in [9.17, 15) is 9.59 Å². The summed E-state index contributed by atoms with van der Waals surface area (Å²) in [7, 11) is 3.93. The molecule has 34 heavy (non-hydrogen) atoms. The zero-order valence-corrected chi connectivity index (χ0v) is 20.5.